The number of nitrogens with one attached hydrogen (secondary N) is 1. The fourth-order valence-corrected chi connectivity index (χ4v) is 2.66. The SMILES string of the molecule is C#CCNc1ccc2nc(C)c(-c3ccc(OC)c(OC)c3)nc2c1. The summed E-state index contributed by atoms with van der Waals surface area (Å²) in [6.45, 7) is 2.41. The zero-order chi connectivity index (χ0) is 17.8. The van der Waals surface area contributed by atoms with Gasteiger partial charge in [0.25, 0.3) is 0 Å². The summed E-state index contributed by atoms with van der Waals surface area (Å²) in [4.78, 5) is 9.46. The first-order valence-corrected chi connectivity index (χ1v) is 7.84. The second-order valence-corrected chi connectivity index (χ2v) is 5.49. The quantitative estimate of drug-likeness (QED) is 0.722. The van der Waals surface area contributed by atoms with Crippen molar-refractivity contribution < 1.29 is 9.47 Å². The van der Waals surface area contributed by atoms with Crippen LogP contribution < -0.4 is 14.8 Å². The number of benzene rings is 2. The van der Waals surface area contributed by atoms with Crippen LogP contribution in [0.5, 0.6) is 11.5 Å². The number of hydrogen-bond donors (Lipinski definition) is 1. The highest BCUT2D eigenvalue weighted by atomic mass is 16.5. The zero-order valence-electron chi connectivity index (χ0n) is 14.5. The number of terminal acetylenes is 1. The summed E-state index contributed by atoms with van der Waals surface area (Å²) in [5.41, 5.74) is 5.14. The van der Waals surface area contributed by atoms with Crippen LogP contribution >= 0.6 is 0 Å². The molecular formula is C20H19N3O2. The van der Waals surface area contributed by atoms with E-state index in [1.165, 1.54) is 0 Å². The molecule has 5 nitrogen and oxygen atoms in total. The maximum Gasteiger partial charge on any atom is 0.161 e. The minimum atomic E-state index is 0.466. The lowest BCUT2D eigenvalue weighted by Gasteiger charge is -2.12. The Balaban J connectivity index is 2.09. The van der Waals surface area contributed by atoms with Gasteiger partial charge in [-0.05, 0) is 43.3 Å². The second kappa shape index (κ2) is 7.10. The topological polar surface area (TPSA) is 56.3 Å². The highest BCUT2D eigenvalue weighted by Gasteiger charge is 2.12. The molecule has 1 N–H and O–H groups in total. The van der Waals surface area contributed by atoms with Gasteiger partial charge in [0, 0.05) is 11.3 Å². The van der Waals surface area contributed by atoms with Crippen LogP contribution in [0.25, 0.3) is 22.3 Å². The van der Waals surface area contributed by atoms with Gasteiger partial charge in [-0.25, -0.2) is 9.97 Å². The molecule has 2 aromatic carbocycles. The average Bonchev–Trinajstić information content (AvgIpc) is 2.65. The Morgan fingerprint density at radius 1 is 1.00 bits per heavy atom. The highest BCUT2D eigenvalue weighted by Crippen LogP contribution is 2.33. The van der Waals surface area contributed by atoms with Crippen molar-refractivity contribution in [1.29, 1.82) is 0 Å². The first kappa shape index (κ1) is 16.6. The van der Waals surface area contributed by atoms with Gasteiger partial charge in [-0.2, -0.15) is 0 Å². The molecule has 0 saturated carbocycles. The van der Waals surface area contributed by atoms with E-state index >= 15 is 0 Å². The van der Waals surface area contributed by atoms with E-state index in [1.807, 2.05) is 43.3 Å². The van der Waals surface area contributed by atoms with Crippen molar-refractivity contribution in [2.24, 2.45) is 0 Å². The Hall–Kier alpha value is -3.26. The standard InChI is InChI=1S/C20H19N3O2/c1-5-10-21-15-7-8-16-17(12-15)23-20(13(2)22-16)14-6-9-18(24-3)19(11-14)25-4/h1,6-9,11-12,21H,10H2,2-4H3. The van der Waals surface area contributed by atoms with E-state index in [0.29, 0.717) is 18.0 Å². The van der Waals surface area contributed by atoms with Crippen molar-refractivity contribution in [2.75, 3.05) is 26.1 Å². The Labute approximate surface area is 147 Å². The number of rotatable bonds is 5. The molecule has 126 valence electrons. The van der Waals surface area contributed by atoms with Gasteiger partial charge in [-0.3, -0.25) is 0 Å². The third kappa shape index (κ3) is 3.33. The molecule has 0 unspecified atom stereocenters. The van der Waals surface area contributed by atoms with E-state index in [4.69, 9.17) is 20.9 Å². The monoisotopic (exact) mass is 333 g/mol. The van der Waals surface area contributed by atoms with E-state index in [9.17, 15) is 0 Å². The number of hydrogen-bond acceptors (Lipinski definition) is 5. The van der Waals surface area contributed by atoms with Crippen molar-refractivity contribution in [2.45, 2.75) is 6.92 Å². The predicted molar refractivity (Wildman–Crippen MR) is 100 cm³/mol. The van der Waals surface area contributed by atoms with Crippen LogP contribution in [-0.2, 0) is 0 Å². The molecule has 0 spiro atoms. The highest BCUT2D eigenvalue weighted by molar-refractivity contribution is 5.82. The van der Waals surface area contributed by atoms with Gasteiger partial charge in [0.05, 0.1) is 43.2 Å². The van der Waals surface area contributed by atoms with Crippen LogP contribution in [0.3, 0.4) is 0 Å². The summed E-state index contributed by atoms with van der Waals surface area (Å²) >= 11 is 0. The molecule has 1 aromatic heterocycles. The van der Waals surface area contributed by atoms with Gasteiger partial charge < -0.3 is 14.8 Å². The van der Waals surface area contributed by atoms with Crippen LogP contribution in [0, 0.1) is 19.3 Å². The maximum absolute atomic E-state index is 5.39. The summed E-state index contributed by atoms with van der Waals surface area (Å²) in [7, 11) is 3.23. The van der Waals surface area contributed by atoms with Gasteiger partial charge in [-0.1, -0.05) is 5.92 Å². The van der Waals surface area contributed by atoms with Gasteiger partial charge in [0.2, 0.25) is 0 Å². The largest absolute Gasteiger partial charge is 0.493 e. The summed E-state index contributed by atoms with van der Waals surface area (Å²) < 4.78 is 10.7. The molecule has 0 atom stereocenters. The van der Waals surface area contributed by atoms with Gasteiger partial charge >= 0.3 is 0 Å². The van der Waals surface area contributed by atoms with Crippen molar-refractivity contribution >= 4 is 16.7 Å². The van der Waals surface area contributed by atoms with Crippen molar-refractivity contribution in [3.8, 4) is 35.1 Å². The Kier molecular flexibility index (Phi) is 4.71. The second-order valence-electron chi connectivity index (χ2n) is 5.49. The smallest absolute Gasteiger partial charge is 0.161 e. The molecule has 0 radical (unpaired) electrons. The first-order valence-electron chi connectivity index (χ1n) is 7.84. The summed E-state index contributed by atoms with van der Waals surface area (Å²) in [6, 6.07) is 11.6. The number of aryl methyl sites for hydroxylation is 1. The zero-order valence-corrected chi connectivity index (χ0v) is 14.5. The number of aromatic nitrogens is 2. The Bertz CT molecular complexity index is 961. The van der Waals surface area contributed by atoms with E-state index in [1.54, 1.807) is 14.2 Å². The average molecular weight is 333 g/mol. The van der Waals surface area contributed by atoms with Gasteiger partial charge in [0.1, 0.15) is 0 Å². The van der Waals surface area contributed by atoms with Crippen LogP contribution in [0.2, 0.25) is 0 Å². The normalized spacial score (nSPS) is 10.3. The summed E-state index contributed by atoms with van der Waals surface area (Å²) in [6.07, 6.45) is 5.30. The van der Waals surface area contributed by atoms with E-state index in [2.05, 4.69) is 16.2 Å². The van der Waals surface area contributed by atoms with Crippen LogP contribution in [0.4, 0.5) is 5.69 Å². The van der Waals surface area contributed by atoms with Crippen LogP contribution in [-0.4, -0.2) is 30.7 Å². The molecule has 0 aliphatic heterocycles. The molecule has 1 heterocycles. The van der Waals surface area contributed by atoms with Gasteiger partial charge in [-0.15, -0.1) is 6.42 Å². The lowest BCUT2D eigenvalue weighted by Crippen LogP contribution is -2.00. The third-order valence-electron chi connectivity index (χ3n) is 3.89. The molecule has 0 aliphatic carbocycles. The van der Waals surface area contributed by atoms with Gasteiger partial charge in [0.15, 0.2) is 11.5 Å². The summed E-state index contributed by atoms with van der Waals surface area (Å²) in [5.74, 6) is 3.90. The molecule has 0 bridgehead atoms. The number of ether oxygens (including phenoxy) is 2. The molecule has 0 saturated heterocycles. The number of anilines is 1. The lowest BCUT2D eigenvalue weighted by atomic mass is 10.1. The molecule has 3 aromatic rings. The molecule has 5 heteroatoms. The van der Waals surface area contributed by atoms with E-state index < -0.39 is 0 Å². The lowest BCUT2D eigenvalue weighted by molar-refractivity contribution is 0.355. The fraction of sp³-hybridized carbons (Fsp3) is 0.200. The van der Waals surface area contributed by atoms with Crippen LogP contribution in [0.15, 0.2) is 36.4 Å². The Morgan fingerprint density at radius 2 is 1.80 bits per heavy atom. The third-order valence-corrected chi connectivity index (χ3v) is 3.89. The fourth-order valence-electron chi connectivity index (χ4n) is 2.66. The number of nitrogens with zero attached hydrogens (tertiary/aromatic N) is 2. The van der Waals surface area contributed by atoms with Crippen molar-refractivity contribution in [1.82, 2.24) is 9.97 Å². The first-order chi connectivity index (χ1) is 12.2. The number of methoxy groups -OCH3 is 2. The molecule has 0 aliphatic rings. The summed E-state index contributed by atoms with van der Waals surface area (Å²) in [5, 5.41) is 3.15. The number of fused-ring (bicyclic) bond motifs is 1. The molecule has 25 heavy (non-hydrogen) atoms. The molecule has 0 amide bonds. The maximum atomic E-state index is 5.39. The molecular weight excluding hydrogens is 314 g/mol. The van der Waals surface area contributed by atoms with E-state index in [0.717, 1.165) is 33.7 Å². The molecule has 0 fully saturated rings. The van der Waals surface area contributed by atoms with E-state index in [-0.39, 0.29) is 0 Å². The minimum Gasteiger partial charge on any atom is -0.493 e. The van der Waals surface area contributed by atoms with Crippen molar-refractivity contribution in [3.05, 3.63) is 42.1 Å². The minimum absolute atomic E-state index is 0.466. The molecule has 3 rings (SSSR count). The van der Waals surface area contributed by atoms with Crippen LogP contribution in [0.1, 0.15) is 5.69 Å². The predicted octanol–water partition coefficient (Wildman–Crippen LogP) is 3.67. The Morgan fingerprint density at radius 3 is 2.52 bits per heavy atom. The van der Waals surface area contributed by atoms with Crippen molar-refractivity contribution in [3.63, 3.8) is 0 Å².